The van der Waals surface area contributed by atoms with Crippen LogP contribution < -0.4 is 5.32 Å². The predicted molar refractivity (Wildman–Crippen MR) is 80.1 cm³/mol. The largest absolute Gasteiger partial charge is 0.316 e. The molecule has 0 radical (unpaired) electrons. The molecule has 0 aromatic carbocycles. The first kappa shape index (κ1) is 15.6. The van der Waals surface area contributed by atoms with E-state index in [0.717, 1.165) is 32.1 Å². The van der Waals surface area contributed by atoms with Crippen molar-refractivity contribution in [3.63, 3.8) is 0 Å². The number of hydrogen-bond acceptors (Lipinski definition) is 4. The van der Waals surface area contributed by atoms with Crippen molar-refractivity contribution in [2.24, 2.45) is 11.8 Å². The van der Waals surface area contributed by atoms with Gasteiger partial charge in [0.1, 0.15) is 0 Å². The molecule has 1 N–H and O–H groups in total. The average Bonchev–Trinajstić information content (AvgIpc) is 2.63. The fraction of sp³-hybridized carbons (Fsp3) is 0.786. The molecule has 0 amide bonds. The Bertz CT molecular complexity index is 336. The highest BCUT2D eigenvalue weighted by Gasteiger charge is 2.09. The van der Waals surface area contributed by atoms with E-state index in [9.17, 15) is 0 Å². The summed E-state index contributed by atoms with van der Waals surface area (Å²) in [6, 6.07) is 0. The first-order valence-corrected chi connectivity index (χ1v) is 7.65. The molecule has 1 atom stereocenters. The van der Waals surface area contributed by atoms with Crippen molar-refractivity contribution >= 4 is 11.3 Å². The van der Waals surface area contributed by atoms with Gasteiger partial charge in [0, 0.05) is 18.0 Å². The van der Waals surface area contributed by atoms with Crippen LogP contribution in [0.2, 0.25) is 0 Å². The maximum absolute atomic E-state index is 4.30. The predicted octanol–water partition coefficient (Wildman–Crippen LogP) is 2.77. The highest BCUT2D eigenvalue weighted by atomic mass is 32.1. The zero-order chi connectivity index (χ0) is 13.5. The van der Waals surface area contributed by atoms with Crippen molar-refractivity contribution in [1.29, 1.82) is 0 Å². The molecular formula is C14H27N3S. The number of rotatable bonds is 8. The summed E-state index contributed by atoms with van der Waals surface area (Å²) < 4.78 is 0. The average molecular weight is 269 g/mol. The molecule has 0 aliphatic carbocycles. The summed E-state index contributed by atoms with van der Waals surface area (Å²) in [4.78, 5) is 8.08. The smallest absolute Gasteiger partial charge is 0.0798 e. The lowest BCUT2D eigenvalue weighted by Gasteiger charge is -2.21. The van der Waals surface area contributed by atoms with Crippen LogP contribution in [0.1, 0.15) is 31.3 Å². The van der Waals surface area contributed by atoms with Gasteiger partial charge in [0.2, 0.25) is 0 Å². The van der Waals surface area contributed by atoms with Gasteiger partial charge in [-0.25, -0.2) is 4.98 Å². The van der Waals surface area contributed by atoms with Crippen LogP contribution >= 0.6 is 11.3 Å². The quantitative estimate of drug-likeness (QED) is 0.786. The monoisotopic (exact) mass is 269 g/mol. The van der Waals surface area contributed by atoms with Crippen LogP contribution in [0.3, 0.4) is 0 Å². The normalized spacial score (nSPS) is 13.5. The molecule has 1 rings (SSSR count). The van der Waals surface area contributed by atoms with Gasteiger partial charge in [-0.05, 0) is 38.9 Å². The molecule has 1 aromatic heterocycles. The molecule has 0 spiro atoms. The molecule has 0 fully saturated rings. The Morgan fingerprint density at radius 1 is 1.33 bits per heavy atom. The molecule has 1 aromatic rings. The molecule has 0 bridgehead atoms. The van der Waals surface area contributed by atoms with Crippen molar-refractivity contribution < 1.29 is 0 Å². The van der Waals surface area contributed by atoms with Gasteiger partial charge in [0.25, 0.3) is 0 Å². The Labute approximate surface area is 116 Å². The van der Waals surface area contributed by atoms with Crippen LogP contribution in [-0.2, 0) is 6.54 Å². The summed E-state index contributed by atoms with van der Waals surface area (Å²) >= 11 is 1.76. The lowest BCUT2D eigenvalue weighted by Crippen LogP contribution is -2.32. The van der Waals surface area contributed by atoms with E-state index in [0.29, 0.717) is 5.92 Å². The maximum Gasteiger partial charge on any atom is 0.0798 e. The van der Waals surface area contributed by atoms with Crippen LogP contribution in [0, 0.1) is 18.8 Å². The third-order valence-corrected chi connectivity index (χ3v) is 3.85. The summed E-state index contributed by atoms with van der Waals surface area (Å²) in [5, 5.41) is 3.52. The molecule has 0 aliphatic rings. The zero-order valence-corrected chi connectivity index (χ0v) is 13.2. The van der Waals surface area contributed by atoms with Crippen molar-refractivity contribution in [3.05, 3.63) is 16.1 Å². The fourth-order valence-electron chi connectivity index (χ4n) is 2.00. The lowest BCUT2D eigenvalue weighted by atomic mass is 10.1. The van der Waals surface area contributed by atoms with Gasteiger partial charge in [-0.15, -0.1) is 11.3 Å². The number of aryl methyl sites for hydroxylation is 1. The second-order valence-corrected chi connectivity index (χ2v) is 6.65. The topological polar surface area (TPSA) is 28.2 Å². The van der Waals surface area contributed by atoms with E-state index in [-0.39, 0.29) is 0 Å². The number of hydrogen-bond donors (Lipinski definition) is 1. The van der Waals surface area contributed by atoms with Gasteiger partial charge in [0.05, 0.1) is 11.2 Å². The molecule has 0 aliphatic heterocycles. The van der Waals surface area contributed by atoms with E-state index in [1.807, 2.05) is 5.51 Å². The van der Waals surface area contributed by atoms with Crippen LogP contribution in [0.15, 0.2) is 5.51 Å². The molecule has 4 heteroatoms. The van der Waals surface area contributed by atoms with E-state index in [4.69, 9.17) is 0 Å². The van der Waals surface area contributed by atoms with Gasteiger partial charge in [0.15, 0.2) is 0 Å². The van der Waals surface area contributed by atoms with Gasteiger partial charge in [-0.2, -0.15) is 0 Å². The number of nitrogens with one attached hydrogen (secondary N) is 1. The molecule has 104 valence electrons. The van der Waals surface area contributed by atoms with Gasteiger partial charge >= 0.3 is 0 Å². The van der Waals surface area contributed by atoms with Crippen molar-refractivity contribution in [3.8, 4) is 0 Å². The summed E-state index contributed by atoms with van der Waals surface area (Å²) in [5.41, 5.74) is 3.11. The molecular weight excluding hydrogens is 242 g/mol. The third kappa shape index (κ3) is 5.94. The molecule has 1 heterocycles. The van der Waals surface area contributed by atoms with Crippen LogP contribution in [0.25, 0.3) is 0 Å². The second-order valence-electron chi connectivity index (χ2n) is 5.71. The highest BCUT2D eigenvalue weighted by Crippen LogP contribution is 2.14. The highest BCUT2D eigenvalue weighted by molar-refractivity contribution is 7.09. The molecule has 0 saturated carbocycles. The van der Waals surface area contributed by atoms with Crippen LogP contribution in [0.5, 0.6) is 0 Å². The first-order valence-electron chi connectivity index (χ1n) is 6.77. The van der Waals surface area contributed by atoms with Gasteiger partial charge < -0.3 is 10.2 Å². The lowest BCUT2D eigenvalue weighted by molar-refractivity contribution is 0.274. The Hall–Kier alpha value is -0.450. The molecule has 1 unspecified atom stereocenters. The Kier molecular flexibility index (Phi) is 6.82. The summed E-state index contributed by atoms with van der Waals surface area (Å²) in [6.45, 7) is 13.3. The van der Waals surface area contributed by atoms with Crippen LogP contribution in [0.4, 0.5) is 0 Å². The van der Waals surface area contributed by atoms with Gasteiger partial charge in [-0.1, -0.05) is 20.8 Å². The van der Waals surface area contributed by atoms with Crippen molar-refractivity contribution in [2.45, 2.75) is 34.2 Å². The number of thiazole rings is 1. The van der Waals surface area contributed by atoms with Crippen LogP contribution in [-0.4, -0.2) is 36.6 Å². The molecule has 3 nitrogen and oxygen atoms in total. The Balaban J connectivity index is 2.23. The number of nitrogens with zero attached hydrogens (tertiary/aromatic N) is 2. The minimum atomic E-state index is 0.682. The van der Waals surface area contributed by atoms with E-state index >= 15 is 0 Å². The third-order valence-electron chi connectivity index (χ3n) is 2.93. The second kappa shape index (κ2) is 7.87. The van der Waals surface area contributed by atoms with E-state index in [1.54, 1.807) is 11.3 Å². The standard InChI is InChI=1S/C14H27N3S/c1-11(2)6-15-7-12(3)8-17(5)9-14-13(4)16-10-18-14/h10-12,15H,6-9H2,1-5H3. The summed E-state index contributed by atoms with van der Waals surface area (Å²) in [5.74, 6) is 1.41. The SMILES string of the molecule is Cc1ncsc1CN(C)CC(C)CNCC(C)C. The minimum absolute atomic E-state index is 0.682. The Morgan fingerprint density at radius 2 is 2.06 bits per heavy atom. The summed E-state index contributed by atoms with van der Waals surface area (Å²) in [7, 11) is 2.19. The minimum Gasteiger partial charge on any atom is -0.316 e. The van der Waals surface area contributed by atoms with Crippen molar-refractivity contribution in [1.82, 2.24) is 15.2 Å². The first-order chi connectivity index (χ1) is 8.49. The molecule has 18 heavy (non-hydrogen) atoms. The van der Waals surface area contributed by atoms with Crippen molar-refractivity contribution in [2.75, 3.05) is 26.7 Å². The van der Waals surface area contributed by atoms with Gasteiger partial charge in [-0.3, -0.25) is 0 Å². The Morgan fingerprint density at radius 3 is 2.61 bits per heavy atom. The zero-order valence-electron chi connectivity index (χ0n) is 12.4. The summed E-state index contributed by atoms with van der Waals surface area (Å²) in [6.07, 6.45) is 0. The van der Waals surface area contributed by atoms with E-state index in [1.165, 1.54) is 10.6 Å². The van der Waals surface area contributed by atoms with E-state index < -0.39 is 0 Å². The van der Waals surface area contributed by atoms with E-state index in [2.05, 4.69) is 49.9 Å². The number of aromatic nitrogens is 1. The molecule has 0 saturated heterocycles. The maximum atomic E-state index is 4.30. The fourth-order valence-corrected chi connectivity index (χ4v) is 2.86.